The van der Waals surface area contributed by atoms with E-state index in [9.17, 15) is 5.11 Å². The minimum Gasteiger partial charge on any atom is -0.508 e. The first kappa shape index (κ1) is 13.6. The number of rotatable bonds is 5. The number of hydrogen-bond acceptors (Lipinski definition) is 3. The van der Waals surface area contributed by atoms with Crippen LogP contribution < -0.4 is 5.32 Å². The highest BCUT2D eigenvalue weighted by atomic mass is 16.3. The molecule has 0 radical (unpaired) electrons. The van der Waals surface area contributed by atoms with Crippen molar-refractivity contribution in [3.05, 3.63) is 59.9 Å². The van der Waals surface area contributed by atoms with Crippen molar-refractivity contribution < 1.29 is 5.11 Å². The Morgan fingerprint density at radius 3 is 2.47 bits per heavy atom. The van der Waals surface area contributed by atoms with Crippen molar-refractivity contribution in [2.24, 2.45) is 0 Å². The number of phenolic OH excluding ortho intramolecular Hbond substituents is 1. The van der Waals surface area contributed by atoms with Crippen LogP contribution in [0.4, 0.5) is 0 Å². The predicted octanol–water partition coefficient (Wildman–Crippen LogP) is 3.59. The molecule has 3 heteroatoms. The summed E-state index contributed by atoms with van der Waals surface area (Å²) in [6.07, 6.45) is 4.52. The van der Waals surface area contributed by atoms with Gasteiger partial charge in [-0.2, -0.15) is 0 Å². The van der Waals surface area contributed by atoms with Crippen LogP contribution in [0, 0.1) is 0 Å². The summed E-state index contributed by atoms with van der Waals surface area (Å²) in [5.41, 5.74) is 2.15. The van der Waals surface area contributed by atoms with Gasteiger partial charge < -0.3 is 10.4 Å². The third-order valence-corrected chi connectivity index (χ3v) is 3.38. The van der Waals surface area contributed by atoms with Crippen LogP contribution in [0.3, 0.4) is 0 Å². The molecule has 0 aliphatic heterocycles. The van der Waals surface area contributed by atoms with Crippen LogP contribution in [-0.2, 0) is 0 Å². The first-order chi connectivity index (χ1) is 9.22. The first-order valence-corrected chi connectivity index (χ1v) is 6.66. The van der Waals surface area contributed by atoms with Crippen LogP contribution in [0.25, 0.3) is 0 Å². The van der Waals surface area contributed by atoms with Gasteiger partial charge in [-0.25, -0.2) is 0 Å². The Bertz CT molecular complexity index is 513. The molecule has 2 aromatic rings. The Morgan fingerprint density at radius 2 is 1.84 bits per heavy atom. The molecule has 0 saturated carbocycles. The number of nitrogens with one attached hydrogen (secondary N) is 1. The summed E-state index contributed by atoms with van der Waals surface area (Å²) >= 11 is 0. The second kappa shape index (κ2) is 6.34. The van der Waals surface area contributed by atoms with Crippen molar-refractivity contribution in [3.63, 3.8) is 0 Å². The zero-order valence-electron chi connectivity index (χ0n) is 11.4. The van der Waals surface area contributed by atoms with Gasteiger partial charge in [-0.3, -0.25) is 4.98 Å². The van der Waals surface area contributed by atoms with E-state index in [0.29, 0.717) is 5.75 Å². The van der Waals surface area contributed by atoms with Gasteiger partial charge in [0.1, 0.15) is 5.75 Å². The van der Waals surface area contributed by atoms with Gasteiger partial charge in [-0.1, -0.05) is 25.1 Å². The fourth-order valence-corrected chi connectivity index (χ4v) is 2.26. The lowest BCUT2D eigenvalue weighted by molar-refractivity contribution is 0.419. The van der Waals surface area contributed by atoms with Crippen LogP contribution in [-0.4, -0.2) is 10.1 Å². The van der Waals surface area contributed by atoms with Gasteiger partial charge >= 0.3 is 0 Å². The summed E-state index contributed by atoms with van der Waals surface area (Å²) in [7, 11) is 0. The fraction of sp³-hybridized carbons (Fsp3) is 0.312. The number of aromatic nitrogens is 1. The molecule has 0 saturated heterocycles. The van der Waals surface area contributed by atoms with Crippen molar-refractivity contribution >= 4 is 0 Å². The lowest BCUT2D eigenvalue weighted by Crippen LogP contribution is -2.24. The Morgan fingerprint density at radius 1 is 1.16 bits per heavy atom. The third-order valence-electron chi connectivity index (χ3n) is 3.38. The van der Waals surface area contributed by atoms with Crippen LogP contribution in [0.15, 0.2) is 48.8 Å². The first-order valence-electron chi connectivity index (χ1n) is 6.66. The standard InChI is InChI=1S/C16H20N2O/c1-3-15(14-6-4-5-7-16(14)19)18-12(2)13-8-10-17-11-9-13/h4-12,15,18-19H,3H2,1-2H3/t12-,15?/m1/s1. The lowest BCUT2D eigenvalue weighted by atomic mass is 10.0. The molecule has 2 rings (SSSR count). The molecular weight excluding hydrogens is 236 g/mol. The highest BCUT2D eigenvalue weighted by Gasteiger charge is 2.16. The SMILES string of the molecule is CCC(N[C@H](C)c1ccncc1)c1ccccc1O. The maximum Gasteiger partial charge on any atom is 0.120 e. The third kappa shape index (κ3) is 3.32. The molecule has 19 heavy (non-hydrogen) atoms. The molecule has 0 amide bonds. The zero-order chi connectivity index (χ0) is 13.7. The predicted molar refractivity (Wildman–Crippen MR) is 76.9 cm³/mol. The number of benzene rings is 1. The Hall–Kier alpha value is -1.87. The number of aromatic hydroxyl groups is 1. The number of hydrogen-bond donors (Lipinski definition) is 2. The summed E-state index contributed by atoms with van der Waals surface area (Å²) in [6, 6.07) is 11.9. The summed E-state index contributed by atoms with van der Waals surface area (Å²) in [5.74, 6) is 0.351. The van der Waals surface area contributed by atoms with Crippen LogP contribution >= 0.6 is 0 Å². The summed E-state index contributed by atoms with van der Waals surface area (Å²) in [5, 5.41) is 13.5. The van der Waals surface area contributed by atoms with Gasteiger partial charge in [0, 0.05) is 30.0 Å². The average molecular weight is 256 g/mol. The second-order valence-electron chi connectivity index (χ2n) is 4.69. The molecule has 2 N–H and O–H groups in total. The highest BCUT2D eigenvalue weighted by molar-refractivity contribution is 5.34. The number of phenols is 1. The molecule has 1 aromatic heterocycles. The number of nitrogens with zero attached hydrogens (tertiary/aromatic N) is 1. The maximum atomic E-state index is 9.95. The monoisotopic (exact) mass is 256 g/mol. The van der Waals surface area contributed by atoms with Gasteiger partial charge in [-0.15, -0.1) is 0 Å². The molecule has 0 fully saturated rings. The van der Waals surface area contributed by atoms with Crippen molar-refractivity contribution in [1.29, 1.82) is 0 Å². The minimum absolute atomic E-state index is 0.143. The Labute approximate surface area is 114 Å². The van der Waals surface area contributed by atoms with Gasteiger partial charge in [0.2, 0.25) is 0 Å². The van der Waals surface area contributed by atoms with Crippen LogP contribution in [0.2, 0.25) is 0 Å². The largest absolute Gasteiger partial charge is 0.508 e. The Kier molecular flexibility index (Phi) is 4.53. The molecule has 1 aromatic carbocycles. The molecule has 100 valence electrons. The number of para-hydroxylation sites is 1. The summed E-state index contributed by atoms with van der Waals surface area (Å²) in [6.45, 7) is 4.24. The van der Waals surface area contributed by atoms with Crippen molar-refractivity contribution in [2.75, 3.05) is 0 Å². The van der Waals surface area contributed by atoms with E-state index in [1.807, 2.05) is 30.3 Å². The summed E-state index contributed by atoms with van der Waals surface area (Å²) < 4.78 is 0. The van der Waals surface area contributed by atoms with E-state index in [1.165, 1.54) is 5.56 Å². The van der Waals surface area contributed by atoms with Gasteiger partial charge in [0.15, 0.2) is 0 Å². The zero-order valence-corrected chi connectivity index (χ0v) is 11.4. The molecule has 0 bridgehead atoms. The number of pyridine rings is 1. The van der Waals surface area contributed by atoms with Crippen LogP contribution in [0.1, 0.15) is 43.5 Å². The molecule has 1 unspecified atom stereocenters. The average Bonchev–Trinajstić information content (AvgIpc) is 2.46. The van der Waals surface area contributed by atoms with Crippen molar-refractivity contribution in [1.82, 2.24) is 10.3 Å². The van der Waals surface area contributed by atoms with E-state index in [4.69, 9.17) is 0 Å². The molecule has 3 nitrogen and oxygen atoms in total. The van der Waals surface area contributed by atoms with E-state index >= 15 is 0 Å². The molecule has 0 spiro atoms. The fourth-order valence-electron chi connectivity index (χ4n) is 2.26. The lowest BCUT2D eigenvalue weighted by Gasteiger charge is -2.23. The molecule has 2 atom stereocenters. The van der Waals surface area contributed by atoms with E-state index < -0.39 is 0 Å². The molecule has 1 heterocycles. The smallest absolute Gasteiger partial charge is 0.120 e. The van der Waals surface area contributed by atoms with Crippen molar-refractivity contribution in [3.8, 4) is 5.75 Å². The van der Waals surface area contributed by atoms with Crippen molar-refractivity contribution in [2.45, 2.75) is 32.4 Å². The van der Waals surface area contributed by atoms with Gasteiger partial charge in [0.25, 0.3) is 0 Å². The van der Waals surface area contributed by atoms with E-state index in [0.717, 1.165) is 12.0 Å². The van der Waals surface area contributed by atoms with Gasteiger partial charge in [0.05, 0.1) is 0 Å². The molecule has 0 aliphatic rings. The highest BCUT2D eigenvalue weighted by Crippen LogP contribution is 2.28. The van der Waals surface area contributed by atoms with Gasteiger partial charge in [-0.05, 0) is 37.1 Å². The summed E-state index contributed by atoms with van der Waals surface area (Å²) in [4.78, 5) is 4.03. The van der Waals surface area contributed by atoms with E-state index in [1.54, 1.807) is 18.5 Å². The second-order valence-corrected chi connectivity index (χ2v) is 4.69. The topological polar surface area (TPSA) is 45.2 Å². The normalized spacial score (nSPS) is 14.0. The van der Waals surface area contributed by atoms with E-state index in [2.05, 4.69) is 24.1 Å². The molecule has 0 aliphatic carbocycles. The minimum atomic E-state index is 0.143. The van der Waals surface area contributed by atoms with Crippen LogP contribution in [0.5, 0.6) is 5.75 Å². The molecular formula is C16H20N2O. The van der Waals surface area contributed by atoms with E-state index in [-0.39, 0.29) is 12.1 Å². The Balaban J connectivity index is 2.14. The quantitative estimate of drug-likeness (QED) is 0.859. The maximum absolute atomic E-state index is 9.95.